The summed E-state index contributed by atoms with van der Waals surface area (Å²) in [6.07, 6.45) is 0.894. The largest absolute Gasteiger partial charge is 0.508 e. The number of rotatable bonds is 17. The van der Waals surface area contributed by atoms with E-state index in [2.05, 4.69) is 16.0 Å². The quantitative estimate of drug-likeness (QED) is 0.118. The molecule has 1 aromatic rings. The topological polar surface area (TPSA) is 234 Å². The monoisotopic (exact) mass is 537 g/mol. The van der Waals surface area contributed by atoms with E-state index in [9.17, 15) is 34.2 Å². The highest BCUT2D eigenvalue weighted by molar-refractivity contribution is 5.94. The van der Waals surface area contributed by atoms with E-state index in [4.69, 9.17) is 16.6 Å². The van der Waals surface area contributed by atoms with Gasteiger partial charge in [0.1, 0.15) is 23.9 Å². The van der Waals surface area contributed by atoms with Gasteiger partial charge in [0.05, 0.1) is 6.04 Å². The number of carboxylic acid groups (broad SMARTS) is 2. The van der Waals surface area contributed by atoms with Crippen molar-refractivity contribution in [2.24, 2.45) is 17.4 Å². The summed E-state index contributed by atoms with van der Waals surface area (Å²) in [6, 6.07) is 1.36. The zero-order valence-electron chi connectivity index (χ0n) is 21.7. The van der Waals surface area contributed by atoms with Crippen molar-refractivity contribution in [3.8, 4) is 5.75 Å². The number of unbranched alkanes of at least 4 members (excludes halogenated alkanes) is 1. The minimum absolute atomic E-state index is 0.0214. The number of carbonyl (C=O) groups excluding carboxylic acids is 3. The van der Waals surface area contributed by atoms with Gasteiger partial charge < -0.3 is 42.7 Å². The summed E-state index contributed by atoms with van der Waals surface area (Å²) in [4.78, 5) is 61.2. The molecule has 3 amide bonds. The van der Waals surface area contributed by atoms with E-state index >= 15 is 0 Å². The number of phenols is 1. The summed E-state index contributed by atoms with van der Waals surface area (Å²) in [5.41, 5.74) is 12.1. The number of carbonyl (C=O) groups is 5. The van der Waals surface area contributed by atoms with Gasteiger partial charge in [-0.25, -0.2) is 4.79 Å². The number of hydrogen-bond acceptors (Lipinski definition) is 8. The maximum absolute atomic E-state index is 13.3. The van der Waals surface area contributed by atoms with Gasteiger partial charge in [-0.1, -0.05) is 32.4 Å². The van der Waals surface area contributed by atoms with Gasteiger partial charge in [-0.15, -0.1) is 0 Å². The Kier molecular flexibility index (Phi) is 13.8. The van der Waals surface area contributed by atoms with Gasteiger partial charge in [0.15, 0.2) is 0 Å². The van der Waals surface area contributed by atoms with Gasteiger partial charge in [-0.05, 0) is 49.4 Å². The van der Waals surface area contributed by atoms with Gasteiger partial charge in [0.25, 0.3) is 0 Å². The predicted molar refractivity (Wildman–Crippen MR) is 138 cm³/mol. The van der Waals surface area contributed by atoms with Gasteiger partial charge in [0, 0.05) is 12.8 Å². The minimum Gasteiger partial charge on any atom is -0.508 e. The van der Waals surface area contributed by atoms with Crippen molar-refractivity contribution >= 4 is 29.7 Å². The van der Waals surface area contributed by atoms with Gasteiger partial charge >= 0.3 is 11.9 Å². The number of benzene rings is 1. The number of carboxylic acids is 2. The summed E-state index contributed by atoms with van der Waals surface area (Å²) in [6.45, 7) is 3.73. The van der Waals surface area contributed by atoms with E-state index in [-0.39, 0.29) is 18.6 Å². The molecule has 0 saturated heterocycles. The van der Waals surface area contributed by atoms with E-state index in [0.717, 1.165) is 0 Å². The van der Waals surface area contributed by atoms with Crippen LogP contribution in [0, 0.1) is 5.92 Å². The van der Waals surface area contributed by atoms with Crippen molar-refractivity contribution in [2.45, 2.75) is 76.5 Å². The van der Waals surface area contributed by atoms with Crippen LogP contribution in [-0.2, 0) is 30.4 Å². The molecule has 212 valence electrons. The van der Waals surface area contributed by atoms with E-state index in [1.165, 1.54) is 12.1 Å². The first-order valence-electron chi connectivity index (χ1n) is 12.4. The fourth-order valence-corrected chi connectivity index (χ4v) is 3.57. The van der Waals surface area contributed by atoms with Crippen molar-refractivity contribution in [1.82, 2.24) is 16.0 Å². The number of aliphatic carboxylic acids is 2. The number of aromatic hydroxyl groups is 1. The SMILES string of the molecule is CC(C)C(NC(=O)C(Cc1ccc(O)cc1)NC(=O)C(N)CCCCN)C(=O)NC(CCC(=O)O)C(=O)O. The second kappa shape index (κ2) is 16.2. The number of phenolic OH excluding ortho intramolecular Hbond substituents is 1. The van der Waals surface area contributed by atoms with Gasteiger partial charge in [-0.2, -0.15) is 0 Å². The van der Waals surface area contributed by atoms with Crippen LogP contribution in [-0.4, -0.2) is 75.7 Å². The lowest BCUT2D eigenvalue weighted by Gasteiger charge is -2.27. The Bertz CT molecular complexity index is 954. The molecule has 0 aliphatic heterocycles. The minimum atomic E-state index is -1.46. The smallest absolute Gasteiger partial charge is 0.326 e. The lowest BCUT2D eigenvalue weighted by Crippen LogP contribution is -2.58. The van der Waals surface area contributed by atoms with Crippen LogP contribution in [0.5, 0.6) is 5.75 Å². The van der Waals surface area contributed by atoms with Crippen molar-refractivity contribution in [2.75, 3.05) is 6.54 Å². The van der Waals surface area contributed by atoms with Crippen LogP contribution in [0.25, 0.3) is 0 Å². The molecule has 13 heteroatoms. The Labute approximate surface area is 221 Å². The molecule has 0 aromatic heterocycles. The molecule has 0 aliphatic rings. The van der Waals surface area contributed by atoms with Crippen LogP contribution in [0.4, 0.5) is 0 Å². The zero-order chi connectivity index (χ0) is 28.8. The first-order chi connectivity index (χ1) is 17.8. The number of nitrogens with two attached hydrogens (primary N) is 2. The molecule has 0 radical (unpaired) electrons. The highest BCUT2D eigenvalue weighted by Crippen LogP contribution is 2.13. The first kappa shape index (κ1) is 32.3. The first-order valence-corrected chi connectivity index (χ1v) is 12.4. The number of hydrogen-bond donors (Lipinski definition) is 8. The molecular formula is C25H39N5O8. The second-order valence-corrected chi connectivity index (χ2v) is 9.38. The van der Waals surface area contributed by atoms with E-state index in [1.54, 1.807) is 26.0 Å². The molecule has 1 aromatic carbocycles. The third-order valence-electron chi connectivity index (χ3n) is 5.82. The van der Waals surface area contributed by atoms with Crippen LogP contribution < -0.4 is 27.4 Å². The van der Waals surface area contributed by atoms with E-state index in [1.807, 2.05) is 0 Å². The predicted octanol–water partition coefficient (Wildman–Crippen LogP) is -0.549. The van der Waals surface area contributed by atoms with Crippen molar-refractivity contribution in [3.63, 3.8) is 0 Å². The van der Waals surface area contributed by atoms with Crippen molar-refractivity contribution < 1.29 is 39.3 Å². The van der Waals surface area contributed by atoms with Crippen LogP contribution in [0.15, 0.2) is 24.3 Å². The molecule has 13 nitrogen and oxygen atoms in total. The summed E-state index contributed by atoms with van der Waals surface area (Å²) in [5.74, 6) is -5.15. The highest BCUT2D eigenvalue weighted by atomic mass is 16.4. The average Bonchev–Trinajstić information content (AvgIpc) is 2.85. The van der Waals surface area contributed by atoms with Gasteiger partial charge in [-0.3, -0.25) is 19.2 Å². The molecule has 38 heavy (non-hydrogen) atoms. The lowest BCUT2D eigenvalue weighted by molar-refractivity contribution is -0.143. The molecule has 4 atom stereocenters. The lowest BCUT2D eigenvalue weighted by atomic mass is 9.99. The van der Waals surface area contributed by atoms with Crippen LogP contribution in [0.1, 0.15) is 51.5 Å². The number of nitrogens with one attached hydrogen (secondary N) is 3. The molecule has 0 spiro atoms. The van der Waals surface area contributed by atoms with Crippen molar-refractivity contribution in [1.29, 1.82) is 0 Å². The van der Waals surface area contributed by atoms with Crippen molar-refractivity contribution in [3.05, 3.63) is 29.8 Å². The summed E-state index contributed by atoms with van der Waals surface area (Å²) >= 11 is 0. The molecule has 0 fully saturated rings. The molecule has 0 bridgehead atoms. The number of amides is 3. The van der Waals surface area contributed by atoms with Crippen LogP contribution in [0.2, 0.25) is 0 Å². The zero-order valence-corrected chi connectivity index (χ0v) is 21.7. The molecule has 10 N–H and O–H groups in total. The third kappa shape index (κ3) is 11.6. The Morgan fingerprint density at radius 3 is 1.97 bits per heavy atom. The molecule has 4 unspecified atom stereocenters. The standard InChI is InChI=1S/C25H39N5O8/c1-14(2)21(24(36)28-18(25(37)38)10-11-20(32)33)30-23(35)19(13-15-6-8-16(31)9-7-15)29-22(34)17(27)5-3-4-12-26/h6-9,14,17-19,21,31H,3-5,10-13,26-27H2,1-2H3,(H,28,36)(H,29,34)(H,30,35)(H,32,33)(H,37,38). The average molecular weight is 538 g/mol. The fraction of sp³-hybridized carbons (Fsp3) is 0.560. The Morgan fingerprint density at radius 1 is 0.842 bits per heavy atom. The Hall–Kier alpha value is -3.71. The molecule has 0 heterocycles. The molecule has 1 rings (SSSR count). The summed E-state index contributed by atoms with van der Waals surface area (Å²) in [7, 11) is 0. The normalized spacial score (nSPS) is 14.1. The van der Waals surface area contributed by atoms with Crippen LogP contribution >= 0.6 is 0 Å². The molecular weight excluding hydrogens is 498 g/mol. The maximum Gasteiger partial charge on any atom is 0.326 e. The maximum atomic E-state index is 13.3. The molecule has 0 saturated carbocycles. The fourth-order valence-electron chi connectivity index (χ4n) is 3.57. The molecule has 0 aliphatic carbocycles. The van der Waals surface area contributed by atoms with Crippen LogP contribution in [0.3, 0.4) is 0 Å². The summed E-state index contributed by atoms with van der Waals surface area (Å²) in [5, 5.41) is 35.2. The van der Waals surface area contributed by atoms with E-state index < -0.39 is 66.2 Å². The van der Waals surface area contributed by atoms with Gasteiger partial charge in [0.2, 0.25) is 17.7 Å². The second-order valence-electron chi connectivity index (χ2n) is 9.38. The highest BCUT2D eigenvalue weighted by Gasteiger charge is 2.32. The summed E-state index contributed by atoms with van der Waals surface area (Å²) < 4.78 is 0. The third-order valence-corrected chi connectivity index (χ3v) is 5.82. The Balaban J connectivity index is 3.06. The van der Waals surface area contributed by atoms with E-state index in [0.29, 0.717) is 31.4 Å². The Morgan fingerprint density at radius 2 is 1.45 bits per heavy atom.